The van der Waals surface area contributed by atoms with Gasteiger partial charge in [0, 0.05) is 25.6 Å². The van der Waals surface area contributed by atoms with Crippen LogP contribution >= 0.6 is 0 Å². The van der Waals surface area contributed by atoms with E-state index in [0.717, 1.165) is 23.8 Å². The molecule has 0 saturated heterocycles. The third-order valence-corrected chi connectivity index (χ3v) is 5.48. The van der Waals surface area contributed by atoms with Crippen molar-refractivity contribution >= 4 is 5.91 Å². The van der Waals surface area contributed by atoms with E-state index >= 15 is 0 Å². The minimum atomic E-state index is -4.54. The second kappa shape index (κ2) is 6.22. The first-order chi connectivity index (χ1) is 12.3. The Morgan fingerprint density at radius 3 is 2.88 bits per heavy atom. The van der Waals surface area contributed by atoms with Crippen molar-refractivity contribution in [2.45, 2.75) is 51.0 Å². The number of amides is 1. The van der Waals surface area contributed by atoms with E-state index < -0.39 is 12.0 Å². The van der Waals surface area contributed by atoms with Crippen molar-refractivity contribution < 1.29 is 18.0 Å². The van der Waals surface area contributed by atoms with E-state index in [1.54, 1.807) is 0 Å². The molecule has 1 aromatic heterocycles. The zero-order valence-corrected chi connectivity index (χ0v) is 14.2. The molecule has 9 heteroatoms. The molecule has 2 unspecified atom stereocenters. The zero-order valence-electron chi connectivity index (χ0n) is 14.2. The summed E-state index contributed by atoms with van der Waals surface area (Å²) in [6.07, 6.45) is 2.93. The molecule has 140 valence electrons. The highest BCUT2D eigenvalue weighted by Crippen LogP contribution is 2.41. The lowest BCUT2D eigenvalue weighted by molar-refractivity contribution is -0.148. The van der Waals surface area contributed by atoms with Gasteiger partial charge in [0.25, 0.3) is 0 Å². The van der Waals surface area contributed by atoms with Crippen molar-refractivity contribution in [1.29, 1.82) is 0 Å². The molecule has 2 N–H and O–H groups in total. The van der Waals surface area contributed by atoms with Crippen LogP contribution in [0.4, 0.5) is 13.2 Å². The lowest BCUT2D eigenvalue weighted by Crippen LogP contribution is -2.43. The molecule has 3 aliphatic rings. The number of carbonyl (C=O) groups excluding carboxylic acids is 1. The average molecular weight is 367 g/mol. The maximum absolute atomic E-state index is 12.9. The van der Waals surface area contributed by atoms with Gasteiger partial charge in [-0.25, -0.2) is 0 Å². The smallest absolute Gasteiger partial charge is 0.333 e. The van der Waals surface area contributed by atoms with Gasteiger partial charge in [0.1, 0.15) is 0 Å². The Morgan fingerprint density at radius 1 is 1.31 bits per heavy atom. The first kappa shape index (κ1) is 17.3. The molecule has 1 saturated carbocycles. The van der Waals surface area contributed by atoms with Gasteiger partial charge in [0.05, 0.1) is 6.54 Å². The summed E-state index contributed by atoms with van der Waals surface area (Å²) in [5.41, 5.74) is 8.93. The normalized spacial score (nSPS) is 23.4. The molecule has 6 nitrogen and oxygen atoms in total. The highest BCUT2D eigenvalue weighted by molar-refractivity contribution is 5.77. The zero-order chi connectivity index (χ0) is 18.5. The maximum Gasteiger partial charge on any atom is 0.451 e. The highest BCUT2D eigenvalue weighted by atomic mass is 19.4. The molecule has 2 aliphatic carbocycles. The summed E-state index contributed by atoms with van der Waals surface area (Å²) in [5.74, 6) is -0.792. The van der Waals surface area contributed by atoms with Gasteiger partial charge >= 0.3 is 6.18 Å². The van der Waals surface area contributed by atoms with Crippen molar-refractivity contribution in [3.8, 4) is 0 Å². The van der Waals surface area contributed by atoms with E-state index in [-0.39, 0.29) is 49.7 Å². The van der Waals surface area contributed by atoms with Crippen molar-refractivity contribution in [1.82, 2.24) is 19.7 Å². The van der Waals surface area contributed by atoms with Crippen LogP contribution in [-0.4, -0.2) is 38.2 Å². The Labute approximate surface area is 148 Å². The number of rotatable bonds is 3. The summed E-state index contributed by atoms with van der Waals surface area (Å²) < 4.78 is 39.7. The standard InChI is InChI=1S/C17H20F3N5O/c18-17(19,20)16-23-22-14-9-24(6-7-25(14)16)15(26)8-13(21)12-5-4-10-2-1-3-11(10)12/h2-3,12-13H,1,4-9,21H2. The van der Waals surface area contributed by atoms with Crippen LogP contribution in [-0.2, 0) is 24.1 Å². The van der Waals surface area contributed by atoms with E-state index in [9.17, 15) is 18.0 Å². The van der Waals surface area contributed by atoms with Crippen molar-refractivity contribution in [2.24, 2.45) is 11.7 Å². The Kier molecular flexibility index (Phi) is 4.13. The molecule has 1 aromatic rings. The molecular weight excluding hydrogens is 347 g/mol. The summed E-state index contributed by atoms with van der Waals surface area (Å²) >= 11 is 0. The summed E-state index contributed by atoms with van der Waals surface area (Å²) in [4.78, 5) is 14.1. The first-order valence-electron chi connectivity index (χ1n) is 8.76. The molecule has 1 amide bonds. The second-order valence-corrected chi connectivity index (χ2v) is 7.04. The quantitative estimate of drug-likeness (QED) is 0.887. The number of halogens is 3. The highest BCUT2D eigenvalue weighted by Gasteiger charge is 2.40. The molecule has 1 fully saturated rings. The number of hydrogen-bond acceptors (Lipinski definition) is 4. The van der Waals surface area contributed by atoms with Crippen molar-refractivity contribution in [3.63, 3.8) is 0 Å². The SMILES string of the molecule is NC(CC(=O)N1CCn2c(nnc2C(F)(F)F)C1)C1CCC2=CCC=C21. The number of carbonyl (C=O) groups is 1. The van der Waals surface area contributed by atoms with Gasteiger partial charge in [-0.3, -0.25) is 4.79 Å². The van der Waals surface area contributed by atoms with Crippen LogP contribution in [0.2, 0.25) is 0 Å². The molecular formula is C17H20F3N5O. The summed E-state index contributed by atoms with van der Waals surface area (Å²) in [7, 11) is 0. The molecule has 4 rings (SSSR count). The van der Waals surface area contributed by atoms with Crippen LogP contribution < -0.4 is 5.73 Å². The molecule has 2 atom stereocenters. The molecule has 0 spiro atoms. The summed E-state index contributed by atoms with van der Waals surface area (Å²) in [5, 5.41) is 6.84. The van der Waals surface area contributed by atoms with Gasteiger partial charge in [-0.1, -0.05) is 12.2 Å². The van der Waals surface area contributed by atoms with E-state index in [0.29, 0.717) is 0 Å². The third kappa shape index (κ3) is 2.94. The van der Waals surface area contributed by atoms with Crippen LogP contribution in [0.15, 0.2) is 23.3 Å². The number of allylic oxidation sites excluding steroid dienone is 3. The van der Waals surface area contributed by atoms with Gasteiger partial charge in [0.15, 0.2) is 5.82 Å². The Bertz CT molecular complexity index is 795. The van der Waals surface area contributed by atoms with E-state index in [1.165, 1.54) is 16.0 Å². The number of hydrogen-bond donors (Lipinski definition) is 1. The van der Waals surface area contributed by atoms with Crippen molar-refractivity contribution in [2.75, 3.05) is 6.54 Å². The molecule has 0 radical (unpaired) electrons. The van der Waals surface area contributed by atoms with Crippen LogP contribution in [0, 0.1) is 5.92 Å². The minimum Gasteiger partial charge on any atom is -0.333 e. The van der Waals surface area contributed by atoms with Crippen molar-refractivity contribution in [3.05, 3.63) is 34.9 Å². The number of alkyl halides is 3. The molecule has 0 aromatic carbocycles. The monoisotopic (exact) mass is 367 g/mol. The van der Waals surface area contributed by atoms with Gasteiger partial charge < -0.3 is 15.2 Å². The fourth-order valence-corrected chi connectivity index (χ4v) is 4.18. The minimum absolute atomic E-state index is 0.0349. The lowest BCUT2D eigenvalue weighted by Gasteiger charge is -2.30. The Balaban J connectivity index is 1.41. The van der Waals surface area contributed by atoms with E-state index in [2.05, 4.69) is 22.3 Å². The van der Waals surface area contributed by atoms with Gasteiger partial charge in [0.2, 0.25) is 11.7 Å². The summed E-state index contributed by atoms with van der Waals surface area (Å²) in [6, 6.07) is -0.275. The predicted molar refractivity (Wildman–Crippen MR) is 86.5 cm³/mol. The fourth-order valence-electron chi connectivity index (χ4n) is 4.18. The third-order valence-electron chi connectivity index (χ3n) is 5.48. The van der Waals surface area contributed by atoms with E-state index in [4.69, 9.17) is 5.73 Å². The number of fused-ring (bicyclic) bond motifs is 2. The largest absolute Gasteiger partial charge is 0.451 e. The van der Waals surface area contributed by atoms with Crippen LogP contribution in [0.1, 0.15) is 37.3 Å². The number of nitrogens with two attached hydrogens (primary N) is 1. The van der Waals surface area contributed by atoms with Crippen LogP contribution in [0.25, 0.3) is 0 Å². The average Bonchev–Trinajstić information content (AvgIpc) is 3.27. The molecule has 1 aliphatic heterocycles. The number of nitrogens with zero attached hydrogens (tertiary/aromatic N) is 4. The molecule has 26 heavy (non-hydrogen) atoms. The second-order valence-electron chi connectivity index (χ2n) is 7.04. The van der Waals surface area contributed by atoms with Gasteiger partial charge in [-0.05, 0) is 36.3 Å². The lowest BCUT2D eigenvalue weighted by atomic mass is 9.91. The van der Waals surface area contributed by atoms with Crippen LogP contribution in [0.3, 0.4) is 0 Å². The predicted octanol–water partition coefficient (Wildman–Crippen LogP) is 2.02. The summed E-state index contributed by atoms with van der Waals surface area (Å²) in [6.45, 7) is 0.283. The molecule has 0 bridgehead atoms. The maximum atomic E-state index is 12.9. The Morgan fingerprint density at radius 2 is 2.12 bits per heavy atom. The number of aromatic nitrogens is 3. The topological polar surface area (TPSA) is 77.0 Å². The van der Waals surface area contributed by atoms with Gasteiger partial charge in [-0.15, -0.1) is 10.2 Å². The van der Waals surface area contributed by atoms with Gasteiger partial charge in [-0.2, -0.15) is 13.2 Å². The molecule has 2 heterocycles. The Hall–Kier alpha value is -2.16. The fraction of sp³-hybridized carbons (Fsp3) is 0.588. The van der Waals surface area contributed by atoms with Crippen LogP contribution in [0.5, 0.6) is 0 Å². The van der Waals surface area contributed by atoms with E-state index in [1.807, 2.05) is 0 Å². The first-order valence-corrected chi connectivity index (χ1v) is 8.76.